The van der Waals surface area contributed by atoms with E-state index in [1.165, 1.54) is 12.0 Å². The molecule has 0 aromatic heterocycles. The van der Waals surface area contributed by atoms with Gasteiger partial charge in [0.25, 0.3) is 0 Å². The van der Waals surface area contributed by atoms with Gasteiger partial charge in [-0.15, -0.1) is 11.8 Å². The average Bonchev–Trinajstić information content (AvgIpc) is 3.11. The maximum Gasteiger partial charge on any atom is 0.407 e. The van der Waals surface area contributed by atoms with Crippen molar-refractivity contribution in [1.82, 2.24) is 10.2 Å². The molecule has 0 unspecified atom stereocenters. The minimum atomic E-state index is -0.989. The Morgan fingerprint density at radius 3 is 2.11 bits per heavy atom. The van der Waals surface area contributed by atoms with Crippen molar-refractivity contribution in [2.45, 2.75) is 41.8 Å². The molecule has 1 aliphatic heterocycles. The molecule has 3 amide bonds. The van der Waals surface area contributed by atoms with E-state index in [9.17, 15) is 19.5 Å². The van der Waals surface area contributed by atoms with E-state index in [4.69, 9.17) is 9.47 Å². The van der Waals surface area contributed by atoms with Crippen LogP contribution in [0.2, 0.25) is 0 Å². The zero-order valence-corrected chi connectivity index (χ0v) is 27.0. The molecule has 9 nitrogen and oxygen atoms in total. The van der Waals surface area contributed by atoms with Crippen LogP contribution in [0.1, 0.15) is 29.0 Å². The van der Waals surface area contributed by atoms with Crippen molar-refractivity contribution >= 4 is 35.5 Å². The fourth-order valence-electron chi connectivity index (χ4n) is 5.79. The second-order valence-corrected chi connectivity index (χ2v) is 12.4. The van der Waals surface area contributed by atoms with Crippen molar-refractivity contribution in [1.29, 1.82) is 0 Å². The first-order valence-electron chi connectivity index (χ1n) is 15.5. The quantitative estimate of drug-likeness (QED) is 0.147. The third kappa shape index (κ3) is 9.15. The number of nitrogens with one attached hydrogen (secondary N) is 2. The summed E-state index contributed by atoms with van der Waals surface area (Å²) < 4.78 is 11.1. The van der Waals surface area contributed by atoms with Gasteiger partial charge >= 0.3 is 12.2 Å². The van der Waals surface area contributed by atoms with Crippen LogP contribution >= 0.6 is 11.8 Å². The highest BCUT2D eigenvalue weighted by atomic mass is 32.2. The lowest BCUT2D eigenvalue weighted by atomic mass is 9.84. The Morgan fingerprint density at radius 1 is 0.894 bits per heavy atom. The maximum absolute atomic E-state index is 14.0. The number of amides is 3. The molecule has 0 bridgehead atoms. The molecular weight excluding hydrogens is 614 g/mol. The summed E-state index contributed by atoms with van der Waals surface area (Å²) in [6.07, 6.45) is -0.848. The summed E-state index contributed by atoms with van der Waals surface area (Å²) in [6.45, 7) is 0.585. The Hall–Kier alpha value is -4.80. The van der Waals surface area contributed by atoms with Gasteiger partial charge in [-0.25, -0.2) is 9.59 Å². The predicted molar refractivity (Wildman–Crippen MR) is 183 cm³/mol. The molecule has 4 aromatic rings. The largest absolute Gasteiger partial charge is 0.465 e. The molecule has 0 spiro atoms. The summed E-state index contributed by atoms with van der Waals surface area (Å²) >= 11 is 1.61. The first-order chi connectivity index (χ1) is 22.9. The lowest BCUT2D eigenvalue weighted by molar-refractivity contribution is -0.118. The van der Waals surface area contributed by atoms with Gasteiger partial charge in [0.05, 0.1) is 32.4 Å². The van der Waals surface area contributed by atoms with Crippen molar-refractivity contribution in [2.24, 2.45) is 0 Å². The Labute approximate surface area is 279 Å². The molecular formula is C37H39N3O6S. The number of hydrogen-bond acceptors (Lipinski definition) is 6. The fourth-order valence-corrected chi connectivity index (χ4v) is 6.80. The highest BCUT2D eigenvalue weighted by molar-refractivity contribution is 7.99. The molecule has 47 heavy (non-hydrogen) atoms. The second-order valence-electron chi connectivity index (χ2n) is 11.3. The van der Waals surface area contributed by atoms with Gasteiger partial charge in [0, 0.05) is 22.3 Å². The SMILES string of the molecule is COC(=O)N[C@H](C(=O)Nc1ccccc1CC[C@@H]1CN(C(=O)O)[C@H](CSc2ccccc2)CO1)C(c1ccccc1)c1ccccc1. The number of anilines is 1. The van der Waals surface area contributed by atoms with Crippen molar-refractivity contribution in [2.75, 3.05) is 31.3 Å². The van der Waals surface area contributed by atoms with Gasteiger partial charge < -0.3 is 25.2 Å². The number of thioether (sulfide) groups is 1. The number of rotatable bonds is 12. The van der Waals surface area contributed by atoms with Gasteiger partial charge in [0.1, 0.15) is 6.04 Å². The predicted octanol–water partition coefficient (Wildman–Crippen LogP) is 6.65. The zero-order valence-electron chi connectivity index (χ0n) is 26.2. The van der Waals surface area contributed by atoms with Crippen LogP contribution in [0.3, 0.4) is 0 Å². The number of para-hydroxylation sites is 1. The summed E-state index contributed by atoms with van der Waals surface area (Å²) in [6, 6.07) is 35.3. The molecule has 1 heterocycles. The van der Waals surface area contributed by atoms with Gasteiger partial charge in [-0.05, 0) is 47.7 Å². The average molecular weight is 654 g/mol. The number of methoxy groups -OCH3 is 1. The van der Waals surface area contributed by atoms with Crippen LogP contribution in [0.4, 0.5) is 15.3 Å². The molecule has 5 rings (SSSR count). The molecule has 1 fully saturated rings. The molecule has 1 aliphatic rings. The third-order valence-electron chi connectivity index (χ3n) is 8.20. The van der Waals surface area contributed by atoms with E-state index in [1.54, 1.807) is 11.8 Å². The van der Waals surface area contributed by atoms with E-state index >= 15 is 0 Å². The zero-order chi connectivity index (χ0) is 33.0. The van der Waals surface area contributed by atoms with Gasteiger partial charge in [0.15, 0.2) is 0 Å². The van der Waals surface area contributed by atoms with E-state index < -0.39 is 30.1 Å². The number of ether oxygens (including phenoxy) is 2. The van der Waals surface area contributed by atoms with Crippen LogP contribution in [0.5, 0.6) is 0 Å². The van der Waals surface area contributed by atoms with Crippen LogP contribution < -0.4 is 10.6 Å². The van der Waals surface area contributed by atoms with E-state index in [0.29, 0.717) is 30.9 Å². The number of hydrogen-bond donors (Lipinski definition) is 3. The summed E-state index contributed by atoms with van der Waals surface area (Å²) in [5.74, 6) is -0.286. The van der Waals surface area contributed by atoms with Crippen LogP contribution in [-0.2, 0) is 20.7 Å². The number of alkyl carbamates (subject to hydrolysis) is 1. The van der Waals surface area contributed by atoms with Crippen molar-refractivity contribution < 1.29 is 29.0 Å². The molecule has 3 atom stereocenters. The second kappa shape index (κ2) is 16.7. The monoisotopic (exact) mass is 653 g/mol. The Kier molecular flexibility index (Phi) is 11.9. The topological polar surface area (TPSA) is 117 Å². The van der Waals surface area contributed by atoms with Crippen LogP contribution in [0.25, 0.3) is 0 Å². The Balaban J connectivity index is 1.28. The first kappa shape index (κ1) is 33.6. The Morgan fingerprint density at radius 2 is 1.49 bits per heavy atom. The van der Waals surface area contributed by atoms with Crippen molar-refractivity contribution in [3.8, 4) is 0 Å². The van der Waals surface area contributed by atoms with Gasteiger partial charge in [0.2, 0.25) is 5.91 Å². The first-order valence-corrected chi connectivity index (χ1v) is 16.5. The Bertz CT molecular complexity index is 1570. The summed E-state index contributed by atoms with van der Waals surface area (Å²) in [7, 11) is 1.27. The number of nitrogens with zero attached hydrogens (tertiary/aromatic N) is 1. The number of aryl methyl sites for hydroxylation is 1. The van der Waals surface area contributed by atoms with E-state index in [1.807, 2.05) is 115 Å². The number of morpholine rings is 1. The molecule has 0 aliphatic carbocycles. The van der Waals surface area contributed by atoms with E-state index in [2.05, 4.69) is 10.6 Å². The lowest BCUT2D eigenvalue weighted by Crippen LogP contribution is -2.53. The van der Waals surface area contributed by atoms with Crippen LogP contribution in [0, 0.1) is 0 Å². The molecule has 3 N–H and O–H groups in total. The molecule has 0 saturated carbocycles. The molecule has 10 heteroatoms. The number of carbonyl (C=O) groups is 3. The number of carboxylic acid groups (broad SMARTS) is 1. The van der Waals surface area contributed by atoms with Crippen molar-refractivity contribution in [3.05, 3.63) is 132 Å². The van der Waals surface area contributed by atoms with E-state index in [-0.39, 0.29) is 18.7 Å². The van der Waals surface area contributed by atoms with Crippen LogP contribution in [0.15, 0.2) is 120 Å². The minimum Gasteiger partial charge on any atom is -0.465 e. The summed E-state index contributed by atoms with van der Waals surface area (Å²) in [5.41, 5.74) is 3.21. The van der Waals surface area contributed by atoms with E-state index in [0.717, 1.165) is 21.6 Å². The van der Waals surface area contributed by atoms with Crippen molar-refractivity contribution in [3.63, 3.8) is 0 Å². The van der Waals surface area contributed by atoms with Gasteiger partial charge in [-0.3, -0.25) is 9.69 Å². The highest BCUT2D eigenvalue weighted by Crippen LogP contribution is 2.30. The summed E-state index contributed by atoms with van der Waals surface area (Å²) in [4.78, 5) is 41.3. The van der Waals surface area contributed by atoms with Gasteiger partial charge in [-0.1, -0.05) is 97.1 Å². The molecule has 1 saturated heterocycles. The number of carbonyl (C=O) groups excluding carboxylic acids is 2. The normalized spacial score (nSPS) is 16.7. The molecule has 4 aromatic carbocycles. The standard InChI is InChI=1S/C37H39N3O6S/c1-45-36(42)39-34(33(27-14-5-2-6-15-27)28-16-7-3-8-17-28)35(41)38-32-20-12-11-13-26(32)21-22-30-23-40(37(43)44)29(24-46-30)25-47-31-18-9-4-10-19-31/h2-20,29-30,33-34H,21-25H2,1H3,(H,38,41)(H,39,42)(H,43,44)/t29-,30+,34-/m0/s1. The van der Waals surface area contributed by atoms with Gasteiger partial charge in [-0.2, -0.15) is 0 Å². The van der Waals surface area contributed by atoms with Crippen LogP contribution in [-0.4, -0.2) is 72.3 Å². The molecule has 0 radical (unpaired) electrons. The fraction of sp³-hybridized carbons (Fsp3) is 0.270. The summed E-state index contributed by atoms with van der Waals surface area (Å²) in [5, 5.41) is 15.8. The smallest absolute Gasteiger partial charge is 0.407 e. The molecule has 244 valence electrons. The number of benzene rings is 4. The highest BCUT2D eigenvalue weighted by Gasteiger charge is 2.34. The lowest BCUT2D eigenvalue weighted by Gasteiger charge is -2.38. The third-order valence-corrected chi connectivity index (χ3v) is 9.36. The minimum absolute atomic E-state index is 0.248. The maximum atomic E-state index is 14.0.